The van der Waals surface area contributed by atoms with Crippen LogP contribution in [0.2, 0.25) is 0 Å². The molecular formula is C15H12ClNO8. The molecular weight excluding hydrogens is 358 g/mol. The van der Waals surface area contributed by atoms with Crippen molar-refractivity contribution < 1.29 is 35.2 Å². The molecule has 2 aromatic carbocycles. The third kappa shape index (κ3) is 2.63. The van der Waals surface area contributed by atoms with Crippen molar-refractivity contribution in [3.8, 4) is 28.7 Å². The minimum Gasteiger partial charge on any atom is -0.504 e. The predicted molar refractivity (Wildman–Crippen MR) is 84.2 cm³/mol. The lowest BCUT2D eigenvalue weighted by atomic mass is 9.93. The summed E-state index contributed by atoms with van der Waals surface area (Å²) in [6.45, 7) is 0. The maximum absolute atomic E-state index is 11.0. The number of aromatic hydroxyl groups is 4. The number of phenols is 4. The Bertz CT molecular complexity index is 871. The van der Waals surface area contributed by atoms with Crippen molar-refractivity contribution in [2.24, 2.45) is 0 Å². The Labute approximate surface area is 145 Å². The topological polar surface area (TPSA) is 154 Å². The lowest BCUT2D eigenvalue weighted by Crippen LogP contribution is -2.32. The molecule has 0 amide bonds. The van der Waals surface area contributed by atoms with Gasteiger partial charge in [-0.3, -0.25) is 10.1 Å². The number of halogens is 1. The molecule has 132 valence electrons. The van der Waals surface area contributed by atoms with Crippen molar-refractivity contribution in [2.75, 3.05) is 0 Å². The highest BCUT2D eigenvalue weighted by atomic mass is 35.5. The fourth-order valence-corrected chi connectivity index (χ4v) is 3.04. The smallest absolute Gasteiger partial charge is 0.352 e. The summed E-state index contributed by atoms with van der Waals surface area (Å²) in [4.78, 5) is 9.98. The third-order valence-electron chi connectivity index (χ3n) is 3.91. The molecule has 3 rings (SSSR count). The van der Waals surface area contributed by atoms with Crippen molar-refractivity contribution in [3.63, 3.8) is 0 Å². The Morgan fingerprint density at radius 2 is 1.76 bits per heavy atom. The molecule has 3 unspecified atom stereocenters. The average molecular weight is 370 g/mol. The molecule has 0 aromatic heterocycles. The quantitative estimate of drug-likeness (QED) is 0.233. The van der Waals surface area contributed by atoms with Crippen molar-refractivity contribution in [3.05, 3.63) is 45.5 Å². The predicted octanol–water partition coefficient (Wildman–Crippen LogP) is 2.19. The van der Waals surface area contributed by atoms with Crippen LogP contribution in [0.1, 0.15) is 22.6 Å². The zero-order valence-corrected chi connectivity index (χ0v) is 13.1. The second-order valence-corrected chi connectivity index (χ2v) is 5.91. The lowest BCUT2D eigenvalue weighted by Gasteiger charge is -2.34. The van der Waals surface area contributed by atoms with Gasteiger partial charge in [0.2, 0.25) is 11.5 Å². The zero-order valence-electron chi connectivity index (χ0n) is 12.3. The number of aliphatic hydroxyl groups excluding tert-OH is 1. The minimum atomic E-state index is -1.44. The standard InChI is InChI=1S/C15H12ClNO8/c16-11-10-9(4-8(20)12(13(10)21)17(23)24)25-15(14(11)22)5-1-2-6(18)7(19)3-5/h1-4,11,14-15,18-22H. The first-order valence-electron chi connectivity index (χ1n) is 6.96. The van der Waals surface area contributed by atoms with Gasteiger partial charge < -0.3 is 30.3 Å². The van der Waals surface area contributed by atoms with E-state index in [2.05, 4.69) is 0 Å². The van der Waals surface area contributed by atoms with E-state index in [4.69, 9.17) is 16.3 Å². The molecule has 1 aliphatic rings. The Balaban J connectivity index is 2.11. The number of benzene rings is 2. The average Bonchev–Trinajstić information content (AvgIpc) is 2.52. The highest BCUT2D eigenvalue weighted by Gasteiger charge is 2.42. The largest absolute Gasteiger partial charge is 0.504 e. The van der Waals surface area contributed by atoms with Crippen LogP contribution in [0, 0.1) is 10.1 Å². The highest BCUT2D eigenvalue weighted by Crippen LogP contribution is 2.53. The molecule has 1 aliphatic heterocycles. The second-order valence-electron chi connectivity index (χ2n) is 5.44. The van der Waals surface area contributed by atoms with Gasteiger partial charge in [0.1, 0.15) is 11.9 Å². The summed E-state index contributed by atoms with van der Waals surface area (Å²) in [5, 5.41) is 58.8. The Morgan fingerprint density at radius 3 is 2.36 bits per heavy atom. The monoisotopic (exact) mass is 369 g/mol. The van der Waals surface area contributed by atoms with E-state index < -0.39 is 45.4 Å². The number of ether oxygens (including phenoxy) is 1. The molecule has 0 bridgehead atoms. The van der Waals surface area contributed by atoms with Gasteiger partial charge in [0.15, 0.2) is 17.6 Å². The number of hydrogen-bond acceptors (Lipinski definition) is 8. The van der Waals surface area contributed by atoms with Crippen molar-refractivity contribution in [1.29, 1.82) is 0 Å². The van der Waals surface area contributed by atoms with Crippen LogP contribution in [-0.4, -0.2) is 36.6 Å². The molecule has 10 heteroatoms. The summed E-state index contributed by atoms with van der Waals surface area (Å²) in [5.41, 5.74) is -0.907. The molecule has 0 saturated carbocycles. The first kappa shape index (κ1) is 16.9. The number of rotatable bonds is 2. The van der Waals surface area contributed by atoms with Gasteiger partial charge >= 0.3 is 5.69 Å². The van der Waals surface area contributed by atoms with E-state index in [9.17, 15) is 35.6 Å². The van der Waals surface area contributed by atoms with E-state index in [1.165, 1.54) is 12.1 Å². The highest BCUT2D eigenvalue weighted by molar-refractivity contribution is 6.22. The summed E-state index contributed by atoms with van der Waals surface area (Å²) in [6.07, 6.45) is -2.55. The Morgan fingerprint density at radius 1 is 1.08 bits per heavy atom. The SMILES string of the molecule is O=[N+]([O-])c1c(O)cc2c(c1O)C(Cl)C(O)C(c1ccc(O)c(O)c1)O2. The number of phenolic OH excluding ortho intramolecular Hbond substituents is 4. The van der Waals surface area contributed by atoms with E-state index in [-0.39, 0.29) is 22.6 Å². The second kappa shape index (κ2) is 5.87. The van der Waals surface area contributed by atoms with Gasteiger partial charge in [-0.15, -0.1) is 11.6 Å². The summed E-state index contributed by atoms with van der Waals surface area (Å²) in [5.74, 6) is -2.69. The van der Waals surface area contributed by atoms with E-state index >= 15 is 0 Å². The molecule has 1 heterocycles. The molecule has 5 N–H and O–H groups in total. The molecule has 2 aromatic rings. The van der Waals surface area contributed by atoms with Gasteiger partial charge in [0.05, 0.1) is 15.9 Å². The summed E-state index contributed by atoms with van der Waals surface area (Å²) in [6, 6.07) is 4.64. The first-order valence-corrected chi connectivity index (χ1v) is 7.40. The molecule has 0 aliphatic carbocycles. The number of nitro groups is 1. The molecule has 0 fully saturated rings. The number of fused-ring (bicyclic) bond motifs is 1. The van der Waals surface area contributed by atoms with Crippen LogP contribution in [-0.2, 0) is 0 Å². The maximum atomic E-state index is 11.0. The summed E-state index contributed by atoms with van der Waals surface area (Å²) >= 11 is 6.14. The molecule has 0 spiro atoms. The fourth-order valence-electron chi connectivity index (χ4n) is 2.69. The third-order valence-corrected chi connectivity index (χ3v) is 4.38. The zero-order chi connectivity index (χ0) is 18.5. The Kier molecular flexibility index (Phi) is 3.97. The molecule has 3 atom stereocenters. The molecule has 25 heavy (non-hydrogen) atoms. The van der Waals surface area contributed by atoms with Crippen LogP contribution < -0.4 is 4.74 Å². The van der Waals surface area contributed by atoms with Gasteiger partial charge in [-0.2, -0.15) is 0 Å². The number of nitro benzene ring substituents is 1. The van der Waals surface area contributed by atoms with E-state index in [0.29, 0.717) is 0 Å². The number of nitrogens with zero attached hydrogens (tertiary/aromatic N) is 1. The van der Waals surface area contributed by atoms with Gasteiger partial charge in [-0.1, -0.05) is 6.07 Å². The molecule has 0 saturated heterocycles. The number of alkyl halides is 1. The number of hydrogen-bond donors (Lipinski definition) is 5. The van der Waals surface area contributed by atoms with Crippen LogP contribution in [0.3, 0.4) is 0 Å². The summed E-state index contributed by atoms with van der Waals surface area (Å²) in [7, 11) is 0. The van der Waals surface area contributed by atoms with Gasteiger partial charge in [0.25, 0.3) is 0 Å². The minimum absolute atomic E-state index is 0.150. The lowest BCUT2D eigenvalue weighted by molar-refractivity contribution is -0.387. The van der Waals surface area contributed by atoms with Crippen molar-refractivity contribution in [1.82, 2.24) is 0 Å². The fraction of sp³-hybridized carbons (Fsp3) is 0.200. The molecule has 9 nitrogen and oxygen atoms in total. The van der Waals surface area contributed by atoms with E-state index in [1.807, 2.05) is 0 Å². The molecule has 0 radical (unpaired) electrons. The van der Waals surface area contributed by atoms with Crippen molar-refractivity contribution in [2.45, 2.75) is 17.6 Å². The maximum Gasteiger partial charge on any atom is 0.352 e. The van der Waals surface area contributed by atoms with Gasteiger partial charge in [-0.25, -0.2) is 0 Å². The Hall–Kier alpha value is -2.91. The van der Waals surface area contributed by atoms with Crippen molar-refractivity contribution >= 4 is 17.3 Å². The first-order chi connectivity index (χ1) is 11.7. The van der Waals surface area contributed by atoms with E-state index in [1.54, 1.807) is 0 Å². The van der Waals surface area contributed by atoms with Crippen LogP contribution in [0.25, 0.3) is 0 Å². The van der Waals surface area contributed by atoms with Gasteiger partial charge in [0, 0.05) is 6.07 Å². The van der Waals surface area contributed by atoms with Crippen LogP contribution in [0.15, 0.2) is 24.3 Å². The normalized spacial score (nSPS) is 22.1. The summed E-state index contributed by atoms with van der Waals surface area (Å²) < 4.78 is 5.52. The van der Waals surface area contributed by atoms with Crippen LogP contribution >= 0.6 is 11.6 Å². The van der Waals surface area contributed by atoms with Crippen LogP contribution in [0.4, 0.5) is 5.69 Å². The van der Waals surface area contributed by atoms with Crippen LogP contribution in [0.5, 0.6) is 28.7 Å². The van der Waals surface area contributed by atoms with Gasteiger partial charge in [-0.05, 0) is 17.7 Å². The number of aliphatic hydroxyl groups is 1. The van der Waals surface area contributed by atoms with E-state index in [0.717, 1.165) is 12.1 Å².